The fourth-order valence-corrected chi connectivity index (χ4v) is 3.91. The number of amides is 1. The van der Waals surface area contributed by atoms with Crippen LogP contribution in [0.2, 0.25) is 0 Å². The lowest BCUT2D eigenvalue weighted by Crippen LogP contribution is -2.38. The molecule has 4 aromatic rings. The second kappa shape index (κ2) is 11.0. The van der Waals surface area contributed by atoms with Crippen molar-refractivity contribution in [1.29, 1.82) is 0 Å². The number of hydrogen-bond donors (Lipinski definition) is 0. The van der Waals surface area contributed by atoms with Crippen molar-refractivity contribution < 1.29 is 14.3 Å². The molecule has 0 aromatic heterocycles. The van der Waals surface area contributed by atoms with Crippen LogP contribution in [0.1, 0.15) is 22.7 Å². The molecule has 0 heterocycles. The molecule has 0 atom stereocenters. The average molecular weight is 438 g/mol. The van der Waals surface area contributed by atoms with Crippen LogP contribution in [-0.2, 0) is 11.3 Å². The van der Waals surface area contributed by atoms with E-state index in [0.717, 1.165) is 22.4 Å². The number of methoxy groups -OCH3 is 1. The summed E-state index contributed by atoms with van der Waals surface area (Å²) in [5.74, 6) is 1.31. The van der Waals surface area contributed by atoms with Gasteiger partial charge in [0.25, 0.3) is 5.91 Å². The first-order valence-electron chi connectivity index (χ1n) is 11.0. The van der Waals surface area contributed by atoms with Gasteiger partial charge in [0, 0.05) is 5.56 Å². The van der Waals surface area contributed by atoms with Crippen LogP contribution >= 0.6 is 0 Å². The predicted octanol–water partition coefficient (Wildman–Crippen LogP) is 5.89. The molecule has 4 rings (SSSR count). The van der Waals surface area contributed by atoms with Gasteiger partial charge in [0.05, 0.1) is 19.7 Å². The van der Waals surface area contributed by atoms with Gasteiger partial charge in [-0.3, -0.25) is 4.79 Å². The Morgan fingerprint density at radius 2 is 1.24 bits per heavy atom. The standard InChI is InChI=1S/C29H27NO3/c1-32-27-20-12-11-17-25(27)21-30(28(31)22-33-26-18-9-4-10-19-26)29(23-13-5-2-6-14-23)24-15-7-3-8-16-24/h2-20,29H,21-22H2,1H3. The minimum atomic E-state index is -0.274. The molecule has 0 radical (unpaired) electrons. The Morgan fingerprint density at radius 3 is 1.82 bits per heavy atom. The molecule has 0 N–H and O–H groups in total. The van der Waals surface area contributed by atoms with E-state index in [9.17, 15) is 4.79 Å². The third kappa shape index (κ3) is 5.60. The zero-order valence-corrected chi connectivity index (χ0v) is 18.6. The molecular weight excluding hydrogens is 410 g/mol. The molecule has 0 unspecified atom stereocenters. The van der Waals surface area contributed by atoms with E-state index in [1.807, 2.05) is 95.9 Å². The fraction of sp³-hybridized carbons (Fsp3) is 0.138. The van der Waals surface area contributed by atoms with E-state index in [4.69, 9.17) is 9.47 Å². The van der Waals surface area contributed by atoms with E-state index in [-0.39, 0.29) is 18.6 Å². The van der Waals surface area contributed by atoms with Gasteiger partial charge in [-0.2, -0.15) is 0 Å². The Hall–Kier alpha value is -4.05. The quantitative estimate of drug-likeness (QED) is 0.328. The van der Waals surface area contributed by atoms with Crippen LogP contribution in [0.3, 0.4) is 0 Å². The van der Waals surface area contributed by atoms with E-state index in [0.29, 0.717) is 12.3 Å². The van der Waals surface area contributed by atoms with Crippen molar-refractivity contribution in [3.8, 4) is 11.5 Å². The first kappa shape index (κ1) is 22.2. The van der Waals surface area contributed by atoms with Gasteiger partial charge in [0.15, 0.2) is 6.61 Å². The second-order valence-corrected chi connectivity index (χ2v) is 7.66. The zero-order valence-electron chi connectivity index (χ0n) is 18.6. The maximum Gasteiger partial charge on any atom is 0.261 e. The van der Waals surface area contributed by atoms with Crippen molar-refractivity contribution in [2.75, 3.05) is 13.7 Å². The molecule has 0 saturated carbocycles. The van der Waals surface area contributed by atoms with E-state index in [1.54, 1.807) is 7.11 Å². The zero-order chi connectivity index (χ0) is 22.9. The lowest BCUT2D eigenvalue weighted by atomic mass is 9.96. The Bertz CT molecular complexity index is 1110. The number of benzene rings is 4. The van der Waals surface area contributed by atoms with Gasteiger partial charge < -0.3 is 14.4 Å². The van der Waals surface area contributed by atoms with Crippen molar-refractivity contribution in [2.45, 2.75) is 12.6 Å². The maximum atomic E-state index is 13.7. The summed E-state index contributed by atoms with van der Waals surface area (Å²) in [5.41, 5.74) is 3.00. The highest BCUT2D eigenvalue weighted by Gasteiger charge is 2.28. The third-order valence-electron chi connectivity index (χ3n) is 5.50. The number of carbonyl (C=O) groups is 1. The van der Waals surface area contributed by atoms with Crippen molar-refractivity contribution in [3.63, 3.8) is 0 Å². The van der Waals surface area contributed by atoms with Crippen molar-refractivity contribution in [1.82, 2.24) is 4.90 Å². The monoisotopic (exact) mass is 437 g/mol. The SMILES string of the molecule is COc1ccccc1CN(C(=O)COc1ccccc1)C(c1ccccc1)c1ccccc1. The highest BCUT2D eigenvalue weighted by molar-refractivity contribution is 5.79. The largest absolute Gasteiger partial charge is 0.496 e. The summed E-state index contributed by atoms with van der Waals surface area (Å²) in [6.07, 6.45) is 0. The Labute approximate surface area is 195 Å². The first-order valence-corrected chi connectivity index (χ1v) is 11.0. The topological polar surface area (TPSA) is 38.8 Å². The highest BCUT2D eigenvalue weighted by atomic mass is 16.5. The molecule has 33 heavy (non-hydrogen) atoms. The molecule has 0 saturated heterocycles. The Balaban J connectivity index is 1.72. The van der Waals surface area contributed by atoms with Crippen LogP contribution < -0.4 is 9.47 Å². The van der Waals surface area contributed by atoms with E-state index < -0.39 is 0 Å². The molecule has 0 bridgehead atoms. The van der Waals surface area contributed by atoms with Gasteiger partial charge in [0.2, 0.25) is 0 Å². The van der Waals surface area contributed by atoms with Gasteiger partial charge in [-0.25, -0.2) is 0 Å². The van der Waals surface area contributed by atoms with Crippen molar-refractivity contribution >= 4 is 5.91 Å². The summed E-state index contributed by atoms with van der Waals surface area (Å²) in [7, 11) is 1.65. The van der Waals surface area contributed by atoms with Crippen molar-refractivity contribution in [3.05, 3.63) is 132 Å². The van der Waals surface area contributed by atoms with Crippen LogP contribution in [0.5, 0.6) is 11.5 Å². The van der Waals surface area contributed by atoms with E-state index >= 15 is 0 Å². The van der Waals surface area contributed by atoms with E-state index in [2.05, 4.69) is 24.3 Å². The van der Waals surface area contributed by atoms with Gasteiger partial charge in [-0.05, 0) is 29.3 Å². The normalized spacial score (nSPS) is 10.6. The second-order valence-electron chi connectivity index (χ2n) is 7.66. The summed E-state index contributed by atoms with van der Waals surface area (Å²) in [4.78, 5) is 15.5. The summed E-state index contributed by atoms with van der Waals surface area (Å²) in [6, 6.07) is 37.1. The van der Waals surface area contributed by atoms with Crippen molar-refractivity contribution in [2.24, 2.45) is 0 Å². The number of ether oxygens (including phenoxy) is 2. The third-order valence-corrected chi connectivity index (χ3v) is 5.50. The van der Waals surface area contributed by atoms with Crippen LogP contribution in [0.25, 0.3) is 0 Å². The number of hydrogen-bond acceptors (Lipinski definition) is 3. The lowest BCUT2D eigenvalue weighted by Gasteiger charge is -2.33. The molecule has 4 aromatic carbocycles. The van der Waals surface area contributed by atoms with Gasteiger partial charge in [-0.15, -0.1) is 0 Å². The fourth-order valence-electron chi connectivity index (χ4n) is 3.91. The van der Waals surface area contributed by atoms with Crippen LogP contribution in [-0.4, -0.2) is 24.5 Å². The Morgan fingerprint density at radius 1 is 0.727 bits per heavy atom. The predicted molar refractivity (Wildman–Crippen MR) is 130 cm³/mol. The number of rotatable bonds is 9. The molecule has 1 amide bonds. The molecule has 0 aliphatic carbocycles. The highest BCUT2D eigenvalue weighted by Crippen LogP contribution is 2.32. The minimum absolute atomic E-state index is 0.0602. The summed E-state index contributed by atoms with van der Waals surface area (Å²) < 4.78 is 11.4. The molecular formula is C29H27NO3. The summed E-state index contributed by atoms with van der Waals surface area (Å²) >= 11 is 0. The molecule has 0 aliphatic rings. The summed E-state index contributed by atoms with van der Waals surface area (Å²) in [6.45, 7) is 0.324. The van der Waals surface area contributed by atoms with Crippen LogP contribution in [0, 0.1) is 0 Å². The smallest absolute Gasteiger partial charge is 0.261 e. The molecule has 4 heteroatoms. The van der Waals surface area contributed by atoms with Crippen LogP contribution in [0.4, 0.5) is 0 Å². The molecule has 0 aliphatic heterocycles. The maximum absolute atomic E-state index is 13.7. The number of para-hydroxylation sites is 2. The lowest BCUT2D eigenvalue weighted by molar-refractivity contribution is -0.135. The van der Waals surface area contributed by atoms with Crippen LogP contribution in [0.15, 0.2) is 115 Å². The molecule has 166 valence electrons. The first-order chi connectivity index (χ1) is 16.3. The molecule has 0 fully saturated rings. The molecule has 4 nitrogen and oxygen atoms in total. The number of carbonyl (C=O) groups excluding carboxylic acids is 1. The number of nitrogens with zero attached hydrogens (tertiary/aromatic N) is 1. The Kier molecular flexibility index (Phi) is 7.39. The van der Waals surface area contributed by atoms with Gasteiger partial charge in [0.1, 0.15) is 11.5 Å². The average Bonchev–Trinajstić information content (AvgIpc) is 2.89. The minimum Gasteiger partial charge on any atom is -0.496 e. The van der Waals surface area contributed by atoms with Gasteiger partial charge >= 0.3 is 0 Å². The van der Waals surface area contributed by atoms with Gasteiger partial charge in [-0.1, -0.05) is 97.1 Å². The molecule has 0 spiro atoms. The van der Waals surface area contributed by atoms with E-state index in [1.165, 1.54) is 0 Å². The summed E-state index contributed by atoms with van der Waals surface area (Å²) in [5, 5.41) is 0.